The molecular weight excluding hydrogens is 892 g/mol. The molecule has 2 aliphatic heterocycles. The fourth-order valence-electron chi connectivity index (χ4n) is 6.21. The van der Waals surface area contributed by atoms with Crippen molar-refractivity contribution in [1.82, 2.24) is 14.8 Å². The molecule has 1 atom stereocenters. The number of pyridine rings is 1. The maximum Gasteiger partial charge on any atom is 0.288 e. The van der Waals surface area contributed by atoms with Crippen molar-refractivity contribution in [3.63, 3.8) is 0 Å². The van der Waals surface area contributed by atoms with Crippen molar-refractivity contribution in [2.75, 3.05) is 19.6 Å². The number of rotatable bonds is 7. The molecule has 0 radical (unpaired) electrons. The van der Waals surface area contributed by atoms with E-state index in [-0.39, 0.29) is 64.0 Å². The predicted molar refractivity (Wildman–Crippen MR) is 205 cm³/mol. The van der Waals surface area contributed by atoms with Gasteiger partial charge in [-0.2, -0.15) is 13.7 Å². The van der Waals surface area contributed by atoms with Crippen LogP contribution in [0.1, 0.15) is 100 Å². The Morgan fingerprint density at radius 3 is 1.57 bits per heavy atom. The van der Waals surface area contributed by atoms with Crippen LogP contribution in [0.5, 0.6) is 0 Å². The molecule has 6 heterocycles. The van der Waals surface area contributed by atoms with Gasteiger partial charge < -0.3 is 56.2 Å². The normalized spacial score (nSPS) is 15.4. The second kappa shape index (κ2) is 25.2. The molecule has 0 aromatic carbocycles. The van der Waals surface area contributed by atoms with Crippen molar-refractivity contribution < 1.29 is 74.5 Å². The van der Waals surface area contributed by atoms with Gasteiger partial charge in [0.05, 0.1) is 14.6 Å². The zero-order valence-corrected chi connectivity index (χ0v) is 39.2. The van der Waals surface area contributed by atoms with Crippen LogP contribution in [-0.2, 0) is 29.2 Å². The van der Waals surface area contributed by atoms with Gasteiger partial charge in [-0.15, -0.1) is 0 Å². The standard InChI is InChI=1S/C14H23N2OS.C13H21N2OS.C12H13N2OS.2BrH.ClH/c1-12-13(2)18-11-16(12)10-14(17)15-8-6-4-3-5-7-9-15;1-10-6-4-5-7-15(10)13(16)8-14-9-17-12(3)11(14)2;1-9-10(2)16-8-14(9)7-12(15)11-5-3-4-6-13-11;;;/h11H,3-10H2,1-2H3;9-10H,4-8H2,1-3H3;3-6,8H,7H2,1-2H3;3*1H/q3*+1;;;/p-3. The van der Waals surface area contributed by atoms with Gasteiger partial charge in [0.2, 0.25) is 41.9 Å². The highest BCUT2D eigenvalue weighted by Gasteiger charge is 2.27. The zero-order chi connectivity index (χ0) is 36.9. The number of ketones is 1. The van der Waals surface area contributed by atoms with Crippen LogP contribution in [0, 0.1) is 41.5 Å². The maximum atomic E-state index is 12.3. The topological polar surface area (TPSA) is 82.2 Å². The number of aryl methyl sites for hydroxylation is 3. The average Bonchev–Trinajstić information content (AvgIpc) is 3.72. The summed E-state index contributed by atoms with van der Waals surface area (Å²) < 4.78 is 6.13. The van der Waals surface area contributed by atoms with Gasteiger partial charge in [-0.1, -0.05) is 59.3 Å². The van der Waals surface area contributed by atoms with Crippen LogP contribution >= 0.6 is 34.0 Å². The SMILES string of the molecule is Cc1sc[n+](CC(=O)N2CCCCC2C)c1C.Cc1sc[n+](CC(=O)N2CCCCCCC2)c1C.Cc1sc[n+](CC(=O)c2ccccn2)c1C.[Br-].[Br-].[Cl-]. The molecule has 2 aliphatic rings. The lowest BCUT2D eigenvalue weighted by Gasteiger charge is -2.32. The minimum atomic E-state index is 0. The summed E-state index contributed by atoms with van der Waals surface area (Å²) in [6, 6.07) is 5.80. The molecule has 300 valence electrons. The maximum absolute atomic E-state index is 12.3. The smallest absolute Gasteiger partial charge is 0.288 e. The van der Waals surface area contributed by atoms with Crippen molar-refractivity contribution in [2.24, 2.45) is 0 Å². The summed E-state index contributed by atoms with van der Waals surface area (Å²) in [6.45, 7) is 18.8. The molecule has 9 nitrogen and oxygen atoms in total. The monoisotopic (exact) mass is 946 g/mol. The molecule has 0 aliphatic carbocycles. The molecule has 2 saturated heterocycles. The number of aromatic nitrogens is 4. The van der Waals surface area contributed by atoms with Crippen LogP contribution in [-0.4, -0.2) is 58.1 Å². The fraction of sp³-hybridized carbons (Fsp3) is 0.564. The van der Waals surface area contributed by atoms with E-state index in [0.717, 1.165) is 51.0 Å². The summed E-state index contributed by atoms with van der Waals surface area (Å²) >= 11 is 5.09. The van der Waals surface area contributed by atoms with Gasteiger partial charge >= 0.3 is 0 Å². The van der Waals surface area contributed by atoms with E-state index in [1.165, 1.54) is 51.7 Å². The highest BCUT2D eigenvalue weighted by Crippen LogP contribution is 2.17. The number of nitrogens with zero attached hydrogens (tertiary/aromatic N) is 6. The van der Waals surface area contributed by atoms with Crippen LogP contribution in [0.3, 0.4) is 0 Å². The third-order valence-electron chi connectivity index (χ3n) is 10.1. The summed E-state index contributed by atoms with van der Waals surface area (Å²) in [4.78, 5) is 48.4. The van der Waals surface area contributed by atoms with E-state index in [1.807, 2.05) is 34.0 Å². The van der Waals surface area contributed by atoms with E-state index in [1.54, 1.807) is 46.3 Å². The van der Waals surface area contributed by atoms with Gasteiger partial charge in [-0.3, -0.25) is 19.4 Å². The highest BCUT2D eigenvalue weighted by atomic mass is 79.9. The lowest BCUT2D eigenvalue weighted by atomic mass is 10.0. The first-order valence-corrected chi connectivity index (χ1v) is 20.9. The number of Topliss-reactive ketones (excluding diaryl/α,β-unsaturated/α-hetero) is 1. The molecule has 2 fully saturated rings. The average molecular weight is 949 g/mol. The Hall–Kier alpha value is -2.10. The lowest BCUT2D eigenvalue weighted by Crippen LogP contribution is -3.00. The molecule has 15 heteroatoms. The van der Waals surface area contributed by atoms with Gasteiger partial charge in [0, 0.05) is 52.6 Å². The number of amides is 2. The number of carbonyl (C=O) groups is 3. The highest BCUT2D eigenvalue weighted by molar-refractivity contribution is 7.09. The van der Waals surface area contributed by atoms with Crippen LogP contribution in [0.25, 0.3) is 0 Å². The molecule has 0 spiro atoms. The first-order chi connectivity index (χ1) is 24.5. The molecule has 54 heavy (non-hydrogen) atoms. The minimum absolute atomic E-state index is 0. The molecule has 0 saturated carbocycles. The van der Waals surface area contributed by atoms with Gasteiger partial charge in [0.1, 0.15) is 5.69 Å². The number of piperidine rings is 1. The lowest BCUT2D eigenvalue weighted by molar-refractivity contribution is -0.686. The van der Waals surface area contributed by atoms with Crippen molar-refractivity contribution in [3.05, 3.63) is 78.3 Å². The molecule has 0 bridgehead atoms. The Morgan fingerprint density at radius 2 is 1.13 bits per heavy atom. The molecule has 0 N–H and O–H groups in total. The van der Waals surface area contributed by atoms with Gasteiger partial charge in [-0.25, -0.2) is 0 Å². The van der Waals surface area contributed by atoms with Gasteiger partial charge in [-0.05, 0) is 71.9 Å². The number of thiazole rings is 3. The van der Waals surface area contributed by atoms with E-state index < -0.39 is 0 Å². The summed E-state index contributed by atoms with van der Waals surface area (Å²) in [7, 11) is 0. The van der Waals surface area contributed by atoms with E-state index >= 15 is 0 Å². The predicted octanol–water partition coefficient (Wildman–Crippen LogP) is -2.56. The summed E-state index contributed by atoms with van der Waals surface area (Å²) in [5.41, 5.74) is 10.2. The summed E-state index contributed by atoms with van der Waals surface area (Å²) in [5, 5.41) is 0. The van der Waals surface area contributed by atoms with E-state index in [4.69, 9.17) is 0 Å². The van der Waals surface area contributed by atoms with Crippen molar-refractivity contribution >= 4 is 51.6 Å². The van der Waals surface area contributed by atoms with Crippen LogP contribution in [0.15, 0.2) is 40.9 Å². The van der Waals surface area contributed by atoms with Gasteiger partial charge in [0.25, 0.3) is 11.8 Å². The number of hydrogen-bond acceptors (Lipinski definition) is 7. The van der Waals surface area contributed by atoms with E-state index in [9.17, 15) is 14.4 Å². The number of likely N-dealkylation sites (tertiary alicyclic amines) is 2. The molecule has 2 amide bonds. The van der Waals surface area contributed by atoms with Crippen LogP contribution in [0.4, 0.5) is 0 Å². The Balaban J connectivity index is 0.000000395. The Kier molecular flexibility index (Phi) is 23.3. The van der Waals surface area contributed by atoms with Gasteiger partial charge in [0.15, 0.2) is 17.1 Å². The fourth-order valence-corrected chi connectivity index (χ4v) is 8.62. The third kappa shape index (κ3) is 14.8. The Bertz CT molecular complexity index is 1740. The molecule has 4 aromatic heterocycles. The largest absolute Gasteiger partial charge is 1.00 e. The van der Waals surface area contributed by atoms with E-state index in [2.05, 4.69) is 71.6 Å². The molecule has 4 aromatic rings. The Morgan fingerprint density at radius 1 is 0.667 bits per heavy atom. The quantitative estimate of drug-likeness (QED) is 0.151. The molecule has 1 unspecified atom stereocenters. The molecule has 6 rings (SSSR count). The third-order valence-corrected chi connectivity index (χ3v) is 13.1. The number of halogens is 3. The van der Waals surface area contributed by atoms with Crippen LogP contribution < -0.4 is 60.1 Å². The second-order valence-electron chi connectivity index (χ2n) is 13.7. The summed E-state index contributed by atoms with van der Waals surface area (Å²) in [5.74, 6) is 0.595. The molecular formula is C39H57Br2ClN6O3S3. The van der Waals surface area contributed by atoms with Crippen molar-refractivity contribution in [2.45, 2.75) is 126 Å². The van der Waals surface area contributed by atoms with E-state index in [0.29, 0.717) is 31.4 Å². The first kappa shape index (κ1) is 49.9. The van der Waals surface area contributed by atoms with Crippen LogP contribution in [0.2, 0.25) is 0 Å². The first-order valence-electron chi connectivity index (χ1n) is 18.3. The van der Waals surface area contributed by atoms with Crippen molar-refractivity contribution in [1.29, 1.82) is 0 Å². The Labute approximate surface area is 361 Å². The second-order valence-corrected chi connectivity index (χ2v) is 16.9. The number of carbonyl (C=O) groups excluding carboxylic acids is 3. The number of hydrogen-bond donors (Lipinski definition) is 0. The zero-order valence-electron chi connectivity index (χ0n) is 32.8. The van der Waals surface area contributed by atoms with Crippen molar-refractivity contribution in [3.8, 4) is 0 Å². The minimum Gasteiger partial charge on any atom is -1.00 e. The summed E-state index contributed by atoms with van der Waals surface area (Å²) in [6.07, 6.45) is 11.4.